The van der Waals surface area contributed by atoms with E-state index >= 15 is 0 Å². The van der Waals surface area contributed by atoms with Crippen molar-refractivity contribution in [3.8, 4) is 0 Å². The third-order valence-electron chi connectivity index (χ3n) is 2.07. The first kappa shape index (κ1) is 11.9. The molecule has 0 spiro atoms. The van der Waals surface area contributed by atoms with E-state index in [4.69, 9.17) is 21.1 Å². The standard InChI is InChI=1S/C10H9ClN2O3S/c1-13(5-6-3-2-4-16-6)10-12-8(11)7(17-10)9(14)15/h2-4H,5H2,1H3,(H,14,15). The Labute approximate surface area is 106 Å². The smallest absolute Gasteiger partial charge is 0.349 e. The van der Waals surface area contributed by atoms with Crippen LogP contribution in [0.1, 0.15) is 15.4 Å². The number of hydrogen-bond donors (Lipinski definition) is 1. The molecule has 17 heavy (non-hydrogen) atoms. The van der Waals surface area contributed by atoms with Crippen molar-refractivity contribution in [3.05, 3.63) is 34.2 Å². The summed E-state index contributed by atoms with van der Waals surface area (Å²) < 4.78 is 5.20. The van der Waals surface area contributed by atoms with Gasteiger partial charge in [0.15, 0.2) is 15.2 Å². The lowest BCUT2D eigenvalue weighted by atomic mass is 10.4. The summed E-state index contributed by atoms with van der Waals surface area (Å²) in [4.78, 5) is 16.7. The molecule has 0 atom stereocenters. The Morgan fingerprint density at radius 1 is 1.71 bits per heavy atom. The van der Waals surface area contributed by atoms with Gasteiger partial charge in [-0.3, -0.25) is 0 Å². The van der Waals surface area contributed by atoms with Crippen molar-refractivity contribution in [2.75, 3.05) is 11.9 Å². The van der Waals surface area contributed by atoms with Crippen molar-refractivity contribution >= 4 is 34.0 Å². The number of furan rings is 1. The highest BCUT2D eigenvalue weighted by Gasteiger charge is 2.18. The molecule has 2 rings (SSSR count). The summed E-state index contributed by atoms with van der Waals surface area (Å²) in [5.74, 6) is -0.291. The minimum Gasteiger partial charge on any atom is -0.477 e. The third kappa shape index (κ3) is 2.59. The van der Waals surface area contributed by atoms with Crippen molar-refractivity contribution in [3.63, 3.8) is 0 Å². The van der Waals surface area contributed by atoms with E-state index in [1.807, 2.05) is 6.07 Å². The number of carbonyl (C=O) groups is 1. The number of carboxylic acids is 1. The van der Waals surface area contributed by atoms with Gasteiger partial charge in [-0.1, -0.05) is 22.9 Å². The second-order valence-corrected chi connectivity index (χ2v) is 4.69. The van der Waals surface area contributed by atoms with Gasteiger partial charge < -0.3 is 14.4 Å². The predicted octanol–water partition coefficient (Wildman–Crippen LogP) is 2.72. The summed E-state index contributed by atoms with van der Waals surface area (Å²) in [6.07, 6.45) is 1.58. The monoisotopic (exact) mass is 272 g/mol. The van der Waals surface area contributed by atoms with Gasteiger partial charge in [0.25, 0.3) is 0 Å². The number of anilines is 1. The molecule has 0 fully saturated rings. The lowest BCUT2D eigenvalue weighted by Gasteiger charge is -2.13. The number of aromatic carboxylic acids is 1. The number of aromatic nitrogens is 1. The molecule has 0 bridgehead atoms. The molecule has 5 nitrogen and oxygen atoms in total. The van der Waals surface area contributed by atoms with Gasteiger partial charge in [0.2, 0.25) is 0 Å². The highest BCUT2D eigenvalue weighted by molar-refractivity contribution is 7.18. The van der Waals surface area contributed by atoms with Crippen LogP contribution in [-0.2, 0) is 6.54 Å². The molecule has 2 heterocycles. The quantitative estimate of drug-likeness (QED) is 0.927. The molecule has 0 aromatic carbocycles. The van der Waals surface area contributed by atoms with Gasteiger partial charge in [0, 0.05) is 7.05 Å². The Balaban J connectivity index is 2.17. The highest BCUT2D eigenvalue weighted by Crippen LogP contribution is 2.29. The van der Waals surface area contributed by atoms with Gasteiger partial charge in [-0.2, -0.15) is 0 Å². The highest BCUT2D eigenvalue weighted by atomic mass is 35.5. The van der Waals surface area contributed by atoms with Gasteiger partial charge in [-0.15, -0.1) is 0 Å². The van der Waals surface area contributed by atoms with E-state index in [0.29, 0.717) is 11.7 Å². The van der Waals surface area contributed by atoms with Crippen LogP contribution in [0.2, 0.25) is 5.15 Å². The van der Waals surface area contributed by atoms with Crippen LogP contribution in [0.15, 0.2) is 22.8 Å². The molecule has 0 amide bonds. The maximum absolute atomic E-state index is 10.8. The van der Waals surface area contributed by atoms with Crippen molar-refractivity contribution in [2.45, 2.75) is 6.54 Å². The predicted molar refractivity (Wildman–Crippen MR) is 64.9 cm³/mol. The Morgan fingerprint density at radius 2 is 2.47 bits per heavy atom. The maximum Gasteiger partial charge on any atom is 0.349 e. The number of thiazole rings is 1. The van der Waals surface area contributed by atoms with E-state index in [9.17, 15) is 4.79 Å². The van der Waals surface area contributed by atoms with Crippen molar-refractivity contribution in [2.24, 2.45) is 0 Å². The second kappa shape index (κ2) is 4.77. The summed E-state index contributed by atoms with van der Waals surface area (Å²) >= 11 is 6.77. The number of rotatable bonds is 4. The van der Waals surface area contributed by atoms with E-state index in [0.717, 1.165) is 17.1 Å². The SMILES string of the molecule is CN(Cc1ccco1)c1nc(Cl)c(C(=O)O)s1. The Morgan fingerprint density at radius 3 is 3.00 bits per heavy atom. The van der Waals surface area contributed by atoms with E-state index in [1.54, 1.807) is 24.3 Å². The molecule has 0 unspecified atom stereocenters. The van der Waals surface area contributed by atoms with Crippen LogP contribution >= 0.6 is 22.9 Å². The Hall–Kier alpha value is -1.53. The fourth-order valence-electron chi connectivity index (χ4n) is 1.29. The molecule has 2 aromatic rings. The average Bonchev–Trinajstić information content (AvgIpc) is 2.86. The van der Waals surface area contributed by atoms with Crippen molar-refractivity contribution in [1.29, 1.82) is 0 Å². The second-order valence-electron chi connectivity index (χ2n) is 3.36. The average molecular weight is 273 g/mol. The molecule has 7 heteroatoms. The molecule has 1 N–H and O–H groups in total. The summed E-state index contributed by atoms with van der Waals surface area (Å²) in [5.41, 5.74) is 0. The van der Waals surface area contributed by atoms with Gasteiger partial charge in [-0.25, -0.2) is 9.78 Å². The molecule has 0 saturated carbocycles. The minimum absolute atomic E-state index is 0.0174. The van der Waals surface area contributed by atoms with Crippen LogP contribution in [0.4, 0.5) is 5.13 Å². The molecular formula is C10H9ClN2O3S. The third-order valence-corrected chi connectivity index (χ3v) is 3.61. The van der Waals surface area contributed by atoms with Crippen LogP contribution < -0.4 is 4.90 Å². The Bertz CT molecular complexity index is 524. The summed E-state index contributed by atoms with van der Waals surface area (Å²) in [6, 6.07) is 3.63. The van der Waals surface area contributed by atoms with Crippen LogP contribution in [0, 0.1) is 0 Å². The zero-order valence-electron chi connectivity index (χ0n) is 8.88. The van der Waals surface area contributed by atoms with Gasteiger partial charge in [0.05, 0.1) is 12.8 Å². The van der Waals surface area contributed by atoms with Gasteiger partial charge in [0.1, 0.15) is 5.76 Å². The lowest BCUT2D eigenvalue weighted by molar-refractivity contribution is 0.0702. The topological polar surface area (TPSA) is 66.6 Å². The van der Waals surface area contributed by atoms with Crippen LogP contribution in [0.3, 0.4) is 0 Å². The molecule has 0 aliphatic carbocycles. The zero-order valence-corrected chi connectivity index (χ0v) is 10.5. The number of carboxylic acid groups (broad SMARTS) is 1. The molecule has 0 saturated heterocycles. The summed E-state index contributed by atoms with van der Waals surface area (Å²) in [7, 11) is 1.79. The summed E-state index contributed by atoms with van der Waals surface area (Å²) in [6.45, 7) is 0.510. The van der Waals surface area contributed by atoms with Crippen molar-refractivity contribution < 1.29 is 14.3 Å². The van der Waals surface area contributed by atoms with E-state index in [-0.39, 0.29) is 10.0 Å². The largest absolute Gasteiger partial charge is 0.477 e. The molecular weight excluding hydrogens is 264 g/mol. The van der Waals surface area contributed by atoms with Crippen molar-refractivity contribution in [1.82, 2.24) is 4.98 Å². The van der Waals surface area contributed by atoms with Gasteiger partial charge in [-0.05, 0) is 12.1 Å². The molecule has 0 radical (unpaired) electrons. The Kier molecular flexibility index (Phi) is 3.35. The first-order chi connectivity index (χ1) is 8.08. The fourth-order valence-corrected chi connectivity index (χ4v) is 2.37. The summed E-state index contributed by atoms with van der Waals surface area (Å²) in [5, 5.41) is 9.43. The zero-order chi connectivity index (χ0) is 12.4. The van der Waals surface area contributed by atoms with E-state index in [1.165, 1.54) is 0 Å². The minimum atomic E-state index is -1.06. The van der Waals surface area contributed by atoms with Crippen LogP contribution in [0.5, 0.6) is 0 Å². The van der Waals surface area contributed by atoms with E-state index < -0.39 is 5.97 Å². The first-order valence-electron chi connectivity index (χ1n) is 4.71. The lowest BCUT2D eigenvalue weighted by Crippen LogP contribution is -2.15. The van der Waals surface area contributed by atoms with Gasteiger partial charge >= 0.3 is 5.97 Å². The molecule has 2 aromatic heterocycles. The normalized spacial score (nSPS) is 10.5. The number of hydrogen-bond acceptors (Lipinski definition) is 5. The molecule has 0 aliphatic heterocycles. The fraction of sp³-hybridized carbons (Fsp3) is 0.200. The maximum atomic E-state index is 10.8. The first-order valence-corrected chi connectivity index (χ1v) is 5.90. The van der Waals surface area contributed by atoms with E-state index in [2.05, 4.69) is 4.98 Å². The molecule has 0 aliphatic rings. The number of nitrogens with zero attached hydrogens (tertiary/aromatic N) is 2. The van der Waals surface area contributed by atoms with Crippen LogP contribution in [0.25, 0.3) is 0 Å². The van der Waals surface area contributed by atoms with Crippen LogP contribution in [-0.4, -0.2) is 23.1 Å². The molecule has 90 valence electrons. The number of halogens is 1.